The molecule has 1 aliphatic carbocycles. The number of benzene rings is 2. The number of ether oxygens (including phenoxy) is 1. The molecule has 0 heterocycles. The third-order valence-electron chi connectivity index (χ3n) is 3.69. The van der Waals surface area contributed by atoms with Crippen molar-refractivity contribution in [2.24, 2.45) is 0 Å². The topological polar surface area (TPSA) is 21.3 Å². The monoisotopic (exact) mass is 331 g/mol. The molecule has 2 nitrogen and oxygen atoms in total. The third-order valence-corrected chi connectivity index (χ3v) is 4.18. The van der Waals surface area contributed by atoms with Crippen LogP contribution in [0.5, 0.6) is 5.75 Å². The first-order valence-corrected chi connectivity index (χ1v) is 7.82. The highest BCUT2D eigenvalue weighted by Crippen LogP contribution is 2.32. The second kappa shape index (κ2) is 6.42. The highest BCUT2D eigenvalue weighted by Gasteiger charge is 2.21. The first-order chi connectivity index (χ1) is 9.83. The van der Waals surface area contributed by atoms with Crippen LogP contribution in [-0.4, -0.2) is 13.2 Å². The van der Waals surface area contributed by atoms with E-state index in [1.165, 1.54) is 22.0 Å². The number of halogens is 1. The normalized spacial score (nSPS) is 16.9. The number of para-hydroxylation sites is 1. The molecule has 0 saturated carbocycles. The summed E-state index contributed by atoms with van der Waals surface area (Å²) in [6.07, 6.45) is 2.34. The van der Waals surface area contributed by atoms with Crippen LogP contribution in [0.3, 0.4) is 0 Å². The van der Waals surface area contributed by atoms with Crippen LogP contribution in [0.2, 0.25) is 0 Å². The summed E-state index contributed by atoms with van der Waals surface area (Å²) in [5, 5.41) is 3.59. The highest BCUT2D eigenvalue weighted by atomic mass is 79.9. The van der Waals surface area contributed by atoms with Gasteiger partial charge in [-0.1, -0.05) is 40.2 Å². The van der Waals surface area contributed by atoms with Crippen LogP contribution < -0.4 is 10.1 Å². The van der Waals surface area contributed by atoms with Crippen molar-refractivity contribution >= 4 is 15.9 Å². The van der Waals surface area contributed by atoms with Crippen LogP contribution >= 0.6 is 15.9 Å². The van der Waals surface area contributed by atoms with Gasteiger partial charge in [0.05, 0.1) is 0 Å². The molecule has 0 amide bonds. The van der Waals surface area contributed by atoms with E-state index < -0.39 is 0 Å². The lowest BCUT2D eigenvalue weighted by atomic mass is 10.1. The predicted octanol–water partition coefficient (Wildman–Crippen LogP) is 4.11. The Hall–Kier alpha value is -1.32. The van der Waals surface area contributed by atoms with E-state index in [2.05, 4.69) is 39.4 Å². The zero-order chi connectivity index (χ0) is 13.8. The Morgan fingerprint density at radius 3 is 2.85 bits per heavy atom. The van der Waals surface area contributed by atoms with Gasteiger partial charge in [-0.2, -0.15) is 0 Å². The van der Waals surface area contributed by atoms with E-state index in [0.717, 1.165) is 18.7 Å². The van der Waals surface area contributed by atoms with Crippen molar-refractivity contribution in [1.82, 2.24) is 5.32 Å². The standard InChI is InChI=1S/C17H18BrNO/c18-14-7-8-16-13(12-14)6-9-17(16)19-10-11-20-15-4-2-1-3-5-15/h1-5,7-8,12,17,19H,6,9-11H2. The van der Waals surface area contributed by atoms with Crippen molar-refractivity contribution in [1.29, 1.82) is 0 Å². The summed E-state index contributed by atoms with van der Waals surface area (Å²) in [6.45, 7) is 1.57. The Morgan fingerprint density at radius 2 is 2.00 bits per heavy atom. The lowest BCUT2D eigenvalue weighted by Gasteiger charge is -2.14. The van der Waals surface area contributed by atoms with Crippen LogP contribution in [0.1, 0.15) is 23.6 Å². The minimum Gasteiger partial charge on any atom is -0.492 e. The molecule has 0 radical (unpaired) electrons. The summed E-state index contributed by atoms with van der Waals surface area (Å²) in [7, 11) is 0. The smallest absolute Gasteiger partial charge is 0.119 e. The molecule has 2 aromatic rings. The summed E-state index contributed by atoms with van der Waals surface area (Å²) < 4.78 is 6.87. The number of hydrogen-bond donors (Lipinski definition) is 1. The molecule has 0 spiro atoms. The van der Waals surface area contributed by atoms with Crippen LogP contribution in [0.15, 0.2) is 53.0 Å². The van der Waals surface area contributed by atoms with Crippen molar-refractivity contribution in [3.8, 4) is 5.75 Å². The average Bonchev–Trinajstić information content (AvgIpc) is 2.87. The molecule has 0 aromatic heterocycles. The Bertz CT molecular complexity index is 570. The van der Waals surface area contributed by atoms with Crippen molar-refractivity contribution in [2.75, 3.05) is 13.2 Å². The molecule has 1 N–H and O–H groups in total. The first kappa shape index (κ1) is 13.7. The maximum atomic E-state index is 5.70. The van der Waals surface area contributed by atoms with Gasteiger partial charge in [-0.3, -0.25) is 0 Å². The van der Waals surface area contributed by atoms with Gasteiger partial charge in [0, 0.05) is 17.1 Å². The zero-order valence-corrected chi connectivity index (χ0v) is 12.9. The molecule has 104 valence electrons. The van der Waals surface area contributed by atoms with E-state index in [-0.39, 0.29) is 0 Å². The third kappa shape index (κ3) is 3.22. The zero-order valence-electron chi connectivity index (χ0n) is 11.3. The van der Waals surface area contributed by atoms with E-state index >= 15 is 0 Å². The quantitative estimate of drug-likeness (QED) is 0.832. The maximum Gasteiger partial charge on any atom is 0.119 e. The molecule has 3 heteroatoms. The van der Waals surface area contributed by atoms with Crippen LogP contribution in [0.25, 0.3) is 0 Å². The molecule has 1 aliphatic rings. The molecule has 0 bridgehead atoms. The lowest BCUT2D eigenvalue weighted by molar-refractivity contribution is 0.305. The summed E-state index contributed by atoms with van der Waals surface area (Å²) in [5.74, 6) is 0.935. The molecule has 2 aromatic carbocycles. The second-order valence-electron chi connectivity index (χ2n) is 5.05. The largest absolute Gasteiger partial charge is 0.492 e. The molecule has 0 fully saturated rings. The average molecular weight is 332 g/mol. The fraction of sp³-hybridized carbons (Fsp3) is 0.294. The Labute approximate surface area is 128 Å². The van der Waals surface area contributed by atoms with Crippen LogP contribution in [-0.2, 0) is 6.42 Å². The Morgan fingerprint density at radius 1 is 1.15 bits per heavy atom. The number of aryl methyl sites for hydroxylation is 1. The van der Waals surface area contributed by atoms with Gasteiger partial charge < -0.3 is 10.1 Å². The molecular formula is C17H18BrNO. The van der Waals surface area contributed by atoms with E-state index in [4.69, 9.17) is 4.74 Å². The number of nitrogens with one attached hydrogen (secondary N) is 1. The summed E-state index contributed by atoms with van der Waals surface area (Å²) in [4.78, 5) is 0. The second-order valence-corrected chi connectivity index (χ2v) is 5.97. The van der Waals surface area contributed by atoms with Gasteiger partial charge in [-0.25, -0.2) is 0 Å². The SMILES string of the molecule is Brc1ccc2c(c1)CCC2NCCOc1ccccc1. The summed E-state index contributed by atoms with van der Waals surface area (Å²) in [5.41, 5.74) is 2.90. The van der Waals surface area contributed by atoms with Crippen molar-refractivity contribution in [3.63, 3.8) is 0 Å². The fourth-order valence-corrected chi connectivity index (χ4v) is 3.13. The highest BCUT2D eigenvalue weighted by molar-refractivity contribution is 9.10. The van der Waals surface area contributed by atoms with Gasteiger partial charge in [0.15, 0.2) is 0 Å². The van der Waals surface area contributed by atoms with Gasteiger partial charge in [0.25, 0.3) is 0 Å². The molecular weight excluding hydrogens is 314 g/mol. The van der Waals surface area contributed by atoms with Gasteiger partial charge in [-0.05, 0) is 48.2 Å². The molecule has 3 rings (SSSR count). The van der Waals surface area contributed by atoms with Crippen molar-refractivity contribution < 1.29 is 4.74 Å². The molecule has 20 heavy (non-hydrogen) atoms. The predicted molar refractivity (Wildman–Crippen MR) is 85.1 cm³/mol. The van der Waals surface area contributed by atoms with Gasteiger partial charge >= 0.3 is 0 Å². The number of fused-ring (bicyclic) bond motifs is 1. The van der Waals surface area contributed by atoms with Gasteiger partial charge in [-0.15, -0.1) is 0 Å². The van der Waals surface area contributed by atoms with Crippen LogP contribution in [0.4, 0.5) is 0 Å². The Kier molecular flexibility index (Phi) is 4.38. The van der Waals surface area contributed by atoms with Crippen molar-refractivity contribution in [2.45, 2.75) is 18.9 Å². The van der Waals surface area contributed by atoms with E-state index in [9.17, 15) is 0 Å². The van der Waals surface area contributed by atoms with Crippen LogP contribution in [0, 0.1) is 0 Å². The molecule has 1 unspecified atom stereocenters. The van der Waals surface area contributed by atoms with E-state index in [1.807, 2.05) is 30.3 Å². The molecule has 1 atom stereocenters. The minimum absolute atomic E-state index is 0.470. The lowest BCUT2D eigenvalue weighted by Crippen LogP contribution is -2.24. The molecule has 0 aliphatic heterocycles. The van der Waals surface area contributed by atoms with Gasteiger partial charge in [0.2, 0.25) is 0 Å². The van der Waals surface area contributed by atoms with E-state index in [0.29, 0.717) is 12.6 Å². The minimum atomic E-state index is 0.470. The molecule has 0 saturated heterocycles. The fourth-order valence-electron chi connectivity index (χ4n) is 2.72. The summed E-state index contributed by atoms with van der Waals surface area (Å²) >= 11 is 3.53. The number of rotatable bonds is 5. The first-order valence-electron chi connectivity index (χ1n) is 7.02. The maximum absolute atomic E-state index is 5.70. The Balaban J connectivity index is 1.49. The number of hydrogen-bond acceptors (Lipinski definition) is 2. The van der Waals surface area contributed by atoms with E-state index in [1.54, 1.807) is 0 Å². The van der Waals surface area contributed by atoms with Crippen molar-refractivity contribution in [3.05, 3.63) is 64.1 Å². The summed E-state index contributed by atoms with van der Waals surface area (Å²) in [6, 6.07) is 17.0. The van der Waals surface area contributed by atoms with Gasteiger partial charge in [0.1, 0.15) is 12.4 Å².